The molecule has 16 heavy (non-hydrogen) atoms. The van der Waals surface area contributed by atoms with Crippen molar-refractivity contribution in [3.8, 4) is 0 Å². The zero-order valence-electron chi connectivity index (χ0n) is 9.64. The monoisotopic (exact) mass is 252 g/mol. The maximum Gasteiger partial charge on any atom is 0.152 e. The zero-order chi connectivity index (χ0) is 11.4. The number of nitrogens with zero attached hydrogens (tertiary/aromatic N) is 2. The van der Waals surface area contributed by atoms with E-state index in [-0.39, 0.29) is 0 Å². The van der Waals surface area contributed by atoms with Gasteiger partial charge in [0.05, 0.1) is 16.1 Å². The van der Waals surface area contributed by atoms with Crippen LogP contribution in [-0.4, -0.2) is 28.9 Å². The van der Waals surface area contributed by atoms with Crippen LogP contribution < -0.4 is 0 Å². The van der Waals surface area contributed by atoms with Crippen LogP contribution in [0.5, 0.6) is 0 Å². The Bertz CT molecular complexity index is 416. The molecule has 0 spiro atoms. The lowest BCUT2D eigenvalue weighted by Crippen LogP contribution is -2.21. The van der Waals surface area contributed by atoms with Gasteiger partial charge in [-0.25, -0.2) is 4.98 Å². The van der Waals surface area contributed by atoms with Gasteiger partial charge in [-0.3, -0.25) is 4.90 Å². The number of hydrogen-bond donors (Lipinski definition) is 0. The lowest BCUT2D eigenvalue weighted by molar-refractivity contribution is 0.358. The van der Waals surface area contributed by atoms with Crippen LogP contribution in [0.2, 0.25) is 0 Å². The summed E-state index contributed by atoms with van der Waals surface area (Å²) >= 11 is 3.62. The van der Waals surface area contributed by atoms with Crippen molar-refractivity contribution in [1.82, 2.24) is 9.88 Å². The molecule has 0 amide bonds. The van der Waals surface area contributed by atoms with Gasteiger partial charge in [0, 0.05) is 0 Å². The predicted octanol–water partition coefficient (Wildman–Crippen LogP) is 3.69. The van der Waals surface area contributed by atoms with Crippen molar-refractivity contribution in [3.63, 3.8) is 0 Å². The lowest BCUT2D eigenvalue weighted by Gasteiger charge is -2.15. The Morgan fingerprint density at radius 1 is 1.25 bits per heavy atom. The first-order valence-electron chi connectivity index (χ1n) is 5.54. The molecule has 0 saturated carbocycles. The van der Waals surface area contributed by atoms with Gasteiger partial charge in [0.15, 0.2) is 4.34 Å². The zero-order valence-corrected chi connectivity index (χ0v) is 11.3. The maximum atomic E-state index is 4.61. The van der Waals surface area contributed by atoms with Crippen LogP contribution in [0, 0.1) is 0 Å². The number of hydrogen-bond acceptors (Lipinski definition) is 4. The molecule has 0 bridgehead atoms. The molecule has 1 aromatic heterocycles. The largest absolute Gasteiger partial charge is 0.294 e. The quantitative estimate of drug-likeness (QED) is 0.596. The Balaban J connectivity index is 2.04. The summed E-state index contributed by atoms with van der Waals surface area (Å²) in [4.78, 5) is 7.01. The number of thiazole rings is 1. The van der Waals surface area contributed by atoms with E-state index in [0.717, 1.165) is 24.5 Å². The van der Waals surface area contributed by atoms with E-state index in [4.69, 9.17) is 0 Å². The average Bonchev–Trinajstić information content (AvgIpc) is 2.73. The molecule has 0 unspecified atom stereocenters. The number of para-hydroxylation sites is 1. The minimum absolute atomic E-state index is 1.03. The minimum Gasteiger partial charge on any atom is -0.294 e. The maximum absolute atomic E-state index is 4.61. The fourth-order valence-corrected chi connectivity index (χ4v) is 3.65. The Kier molecular flexibility index (Phi) is 4.21. The molecule has 86 valence electrons. The van der Waals surface area contributed by atoms with Crippen LogP contribution in [0.15, 0.2) is 28.6 Å². The third-order valence-corrected chi connectivity index (χ3v) is 4.81. The van der Waals surface area contributed by atoms with Gasteiger partial charge < -0.3 is 0 Å². The SMILES string of the molecule is CCN(CC)CSc1nc2ccccc2s1. The molecule has 0 fully saturated rings. The summed E-state index contributed by atoms with van der Waals surface area (Å²) in [5, 5.41) is 0. The number of benzene rings is 1. The van der Waals surface area contributed by atoms with Crippen molar-refractivity contribution in [2.75, 3.05) is 19.0 Å². The van der Waals surface area contributed by atoms with Gasteiger partial charge >= 0.3 is 0 Å². The Labute approximate surface area is 105 Å². The molecule has 0 aliphatic rings. The number of fused-ring (bicyclic) bond motifs is 1. The molecule has 0 radical (unpaired) electrons. The second-order valence-corrected chi connectivity index (χ2v) is 5.75. The summed E-state index contributed by atoms with van der Waals surface area (Å²) in [6.07, 6.45) is 0. The van der Waals surface area contributed by atoms with E-state index in [1.54, 1.807) is 11.3 Å². The Morgan fingerprint density at radius 2 is 2.00 bits per heavy atom. The van der Waals surface area contributed by atoms with Crippen molar-refractivity contribution in [1.29, 1.82) is 0 Å². The standard InChI is InChI=1S/C12H16N2S2/c1-3-14(4-2)9-15-12-13-10-7-5-6-8-11(10)16-12/h5-8H,3-4,9H2,1-2H3. The average molecular weight is 252 g/mol. The highest BCUT2D eigenvalue weighted by molar-refractivity contribution is 8.01. The van der Waals surface area contributed by atoms with Crippen LogP contribution in [0.4, 0.5) is 0 Å². The van der Waals surface area contributed by atoms with Crippen LogP contribution in [0.1, 0.15) is 13.8 Å². The van der Waals surface area contributed by atoms with Crippen LogP contribution in [0.3, 0.4) is 0 Å². The van der Waals surface area contributed by atoms with E-state index in [2.05, 4.69) is 41.9 Å². The van der Waals surface area contributed by atoms with E-state index in [1.165, 1.54) is 9.04 Å². The lowest BCUT2D eigenvalue weighted by atomic mass is 10.3. The molecule has 4 heteroatoms. The van der Waals surface area contributed by atoms with Gasteiger partial charge in [-0.05, 0) is 25.2 Å². The number of thioether (sulfide) groups is 1. The van der Waals surface area contributed by atoms with E-state index in [0.29, 0.717) is 0 Å². The molecule has 2 rings (SSSR count). The molecular weight excluding hydrogens is 236 g/mol. The number of aromatic nitrogens is 1. The van der Waals surface area contributed by atoms with Crippen molar-refractivity contribution in [3.05, 3.63) is 24.3 Å². The smallest absolute Gasteiger partial charge is 0.152 e. The molecule has 2 aromatic rings. The normalized spacial score (nSPS) is 11.4. The summed E-state index contributed by atoms with van der Waals surface area (Å²) in [6, 6.07) is 8.32. The van der Waals surface area contributed by atoms with Gasteiger partial charge in [-0.1, -0.05) is 37.7 Å². The molecule has 1 heterocycles. The molecular formula is C12H16N2S2. The highest BCUT2D eigenvalue weighted by Gasteiger charge is 2.05. The van der Waals surface area contributed by atoms with Crippen molar-refractivity contribution in [2.45, 2.75) is 18.2 Å². The summed E-state index contributed by atoms with van der Waals surface area (Å²) in [7, 11) is 0. The Morgan fingerprint density at radius 3 is 2.69 bits per heavy atom. The third kappa shape index (κ3) is 2.75. The summed E-state index contributed by atoms with van der Waals surface area (Å²) in [5.41, 5.74) is 1.12. The van der Waals surface area contributed by atoms with Crippen molar-refractivity contribution >= 4 is 33.3 Å². The molecule has 2 nitrogen and oxygen atoms in total. The van der Waals surface area contributed by atoms with Crippen molar-refractivity contribution < 1.29 is 0 Å². The summed E-state index contributed by atoms with van der Waals surface area (Å²) in [6.45, 7) is 6.60. The van der Waals surface area contributed by atoms with Gasteiger partial charge in [-0.2, -0.15) is 0 Å². The van der Waals surface area contributed by atoms with E-state index in [9.17, 15) is 0 Å². The molecule has 0 N–H and O–H groups in total. The Hall–Kier alpha value is -0.580. The molecule has 0 aliphatic heterocycles. The van der Waals surface area contributed by atoms with E-state index in [1.807, 2.05) is 17.8 Å². The summed E-state index contributed by atoms with van der Waals surface area (Å²) < 4.78 is 2.46. The first-order valence-corrected chi connectivity index (χ1v) is 7.34. The van der Waals surface area contributed by atoms with Crippen LogP contribution in [-0.2, 0) is 0 Å². The van der Waals surface area contributed by atoms with Crippen molar-refractivity contribution in [2.24, 2.45) is 0 Å². The predicted molar refractivity (Wildman–Crippen MR) is 73.3 cm³/mol. The highest BCUT2D eigenvalue weighted by atomic mass is 32.2. The van der Waals surface area contributed by atoms with Crippen LogP contribution in [0.25, 0.3) is 10.2 Å². The second-order valence-electron chi connectivity index (χ2n) is 3.52. The van der Waals surface area contributed by atoms with E-state index < -0.39 is 0 Å². The molecule has 0 saturated heterocycles. The second kappa shape index (κ2) is 5.66. The minimum atomic E-state index is 1.03. The van der Waals surface area contributed by atoms with Gasteiger partial charge in [0.2, 0.25) is 0 Å². The first kappa shape index (κ1) is 11.9. The molecule has 0 atom stereocenters. The highest BCUT2D eigenvalue weighted by Crippen LogP contribution is 2.29. The number of rotatable bonds is 5. The van der Waals surface area contributed by atoms with E-state index >= 15 is 0 Å². The molecule has 1 aromatic carbocycles. The fourth-order valence-electron chi connectivity index (χ4n) is 1.47. The third-order valence-electron chi connectivity index (χ3n) is 2.54. The summed E-state index contributed by atoms with van der Waals surface area (Å²) in [5.74, 6) is 1.03. The van der Waals surface area contributed by atoms with Gasteiger partial charge in [-0.15, -0.1) is 11.3 Å². The molecule has 0 aliphatic carbocycles. The topological polar surface area (TPSA) is 16.1 Å². The van der Waals surface area contributed by atoms with Crippen LogP contribution >= 0.6 is 23.1 Å². The fraction of sp³-hybridized carbons (Fsp3) is 0.417. The van der Waals surface area contributed by atoms with Gasteiger partial charge in [0.1, 0.15) is 0 Å². The first-order chi connectivity index (χ1) is 7.83. The van der Waals surface area contributed by atoms with Gasteiger partial charge in [0.25, 0.3) is 0 Å².